The van der Waals surface area contributed by atoms with Gasteiger partial charge in [0.05, 0.1) is 5.92 Å². The number of benzene rings is 1. The number of ether oxygens (including phenoxy) is 1. The Labute approximate surface area is 193 Å². The molecule has 0 aromatic heterocycles. The van der Waals surface area contributed by atoms with Crippen molar-refractivity contribution in [2.24, 2.45) is 35.5 Å². The number of fused-ring (bicyclic) bond motifs is 1. The number of carbonyl (C=O) groups is 1. The lowest BCUT2D eigenvalue weighted by molar-refractivity contribution is -0.144. The molecule has 3 saturated carbocycles. The maximum atomic E-state index is 14.5. The molecule has 3 aliphatic carbocycles. The monoisotopic (exact) mass is 438 g/mol. The summed E-state index contributed by atoms with van der Waals surface area (Å²) in [4.78, 5) is 13.1. The average molecular weight is 439 g/mol. The number of allylic oxidation sites excluding steroid dienone is 2. The van der Waals surface area contributed by atoms with Crippen LogP contribution in [0.1, 0.15) is 76.2 Å². The molecular weight excluding hydrogens is 399 g/mol. The summed E-state index contributed by atoms with van der Waals surface area (Å²) >= 11 is 0. The minimum absolute atomic E-state index is 0.0761. The van der Waals surface area contributed by atoms with Crippen molar-refractivity contribution in [3.05, 3.63) is 54.9 Å². The molecule has 3 heteroatoms. The van der Waals surface area contributed by atoms with E-state index >= 15 is 0 Å². The summed E-state index contributed by atoms with van der Waals surface area (Å²) in [6, 6.07) is 4.95. The number of aryl methyl sites for hydroxylation is 1. The Hall–Kier alpha value is -1.90. The minimum Gasteiger partial charge on any atom is -0.423 e. The van der Waals surface area contributed by atoms with Gasteiger partial charge in [0.15, 0.2) is 11.6 Å². The summed E-state index contributed by atoms with van der Waals surface area (Å²) in [6.45, 7) is 7.69. The van der Waals surface area contributed by atoms with E-state index in [4.69, 9.17) is 4.74 Å². The van der Waals surface area contributed by atoms with Crippen molar-refractivity contribution in [3.63, 3.8) is 0 Å². The second-order valence-electron chi connectivity index (χ2n) is 10.5. The fourth-order valence-corrected chi connectivity index (χ4v) is 6.81. The van der Waals surface area contributed by atoms with Gasteiger partial charge in [-0.2, -0.15) is 0 Å². The maximum Gasteiger partial charge on any atom is 0.314 e. The Morgan fingerprint density at radius 2 is 1.78 bits per heavy atom. The molecule has 4 atom stereocenters. The molecule has 0 aliphatic heterocycles. The molecule has 174 valence electrons. The van der Waals surface area contributed by atoms with Gasteiger partial charge in [0.25, 0.3) is 0 Å². The number of halogens is 1. The van der Waals surface area contributed by atoms with Gasteiger partial charge in [-0.05, 0) is 111 Å². The van der Waals surface area contributed by atoms with Crippen LogP contribution in [0.3, 0.4) is 0 Å². The summed E-state index contributed by atoms with van der Waals surface area (Å²) in [5.74, 6) is 2.76. The average Bonchev–Trinajstić information content (AvgIpc) is 2.83. The maximum absolute atomic E-state index is 14.5. The van der Waals surface area contributed by atoms with Gasteiger partial charge in [-0.1, -0.05) is 31.1 Å². The van der Waals surface area contributed by atoms with Crippen LogP contribution >= 0.6 is 0 Å². The molecular formula is C29H39FO2. The first-order chi connectivity index (χ1) is 15.6. The summed E-state index contributed by atoms with van der Waals surface area (Å²) in [7, 11) is 0. The van der Waals surface area contributed by atoms with E-state index in [0.29, 0.717) is 17.8 Å². The third-order valence-electron chi connectivity index (χ3n) is 8.65. The SMILES string of the molecule is C=CCCc1ccc(OC(=O)C2CCCC3CC(C4CCC(C=C)CC4)CCC32)c(F)c1. The van der Waals surface area contributed by atoms with E-state index in [9.17, 15) is 9.18 Å². The van der Waals surface area contributed by atoms with Gasteiger partial charge in [0.2, 0.25) is 0 Å². The van der Waals surface area contributed by atoms with Gasteiger partial charge in [-0.3, -0.25) is 4.79 Å². The zero-order valence-electron chi connectivity index (χ0n) is 19.4. The van der Waals surface area contributed by atoms with Crippen molar-refractivity contribution in [2.45, 2.75) is 77.0 Å². The largest absolute Gasteiger partial charge is 0.423 e. The Morgan fingerprint density at radius 1 is 1.00 bits per heavy atom. The van der Waals surface area contributed by atoms with Crippen LogP contribution in [0.5, 0.6) is 5.75 Å². The fourth-order valence-electron chi connectivity index (χ4n) is 6.81. The predicted octanol–water partition coefficient (Wildman–Crippen LogP) is 7.67. The van der Waals surface area contributed by atoms with E-state index in [1.807, 2.05) is 12.1 Å². The van der Waals surface area contributed by atoms with Crippen LogP contribution in [0.25, 0.3) is 0 Å². The summed E-state index contributed by atoms with van der Waals surface area (Å²) in [5, 5.41) is 0. The van der Waals surface area contributed by atoms with Crippen LogP contribution in [-0.4, -0.2) is 5.97 Å². The van der Waals surface area contributed by atoms with Crippen LogP contribution in [0.2, 0.25) is 0 Å². The molecule has 3 aliphatic rings. The van der Waals surface area contributed by atoms with Gasteiger partial charge in [-0.15, -0.1) is 13.2 Å². The molecule has 0 radical (unpaired) electrons. The van der Waals surface area contributed by atoms with Crippen molar-refractivity contribution in [1.29, 1.82) is 0 Å². The molecule has 4 unspecified atom stereocenters. The van der Waals surface area contributed by atoms with Crippen LogP contribution in [0.15, 0.2) is 43.5 Å². The highest BCUT2D eigenvalue weighted by Crippen LogP contribution is 2.50. The lowest BCUT2D eigenvalue weighted by atomic mass is 9.59. The van der Waals surface area contributed by atoms with E-state index < -0.39 is 5.82 Å². The van der Waals surface area contributed by atoms with Crippen molar-refractivity contribution in [1.82, 2.24) is 0 Å². The molecule has 2 nitrogen and oxygen atoms in total. The first-order valence-corrected chi connectivity index (χ1v) is 12.8. The zero-order valence-corrected chi connectivity index (χ0v) is 19.4. The van der Waals surface area contributed by atoms with E-state index in [-0.39, 0.29) is 17.6 Å². The Bertz CT molecular complexity index is 807. The third-order valence-corrected chi connectivity index (χ3v) is 8.65. The molecule has 0 bridgehead atoms. The molecule has 32 heavy (non-hydrogen) atoms. The number of rotatable bonds is 7. The van der Waals surface area contributed by atoms with Gasteiger partial charge in [-0.25, -0.2) is 4.39 Å². The Kier molecular flexibility index (Phi) is 7.86. The molecule has 0 amide bonds. The number of hydrogen-bond acceptors (Lipinski definition) is 2. The smallest absolute Gasteiger partial charge is 0.314 e. The van der Waals surface area contributed by atoms with Crippen LogP contribution in [0, 0.1) is 41.3 Å². The van der Waals surface area contributed by atoms with E-state index in [2.05, 4.69) is 19.2 Å². The number of hydrogen-bond donors (Lipinski definition) is 0. The summed E-state index contributed by atoms with van der Waals surface area (Å²) < 4.78 is 20.2. The van der Waals surface area contributed by atoms with Crippen LogP contribution < -0.4 is 4.74 Å². The first-order valence-electron chi connectivity index (χ1n) is 12.8. The van der Waals surface area contributed by atoms with Crippen LogP contribution in [0.4, 0.5) is 4.39 Å². The highest BCUT2D eigenvalue weighted by atomic mass is 19.1. The topological polar surface area (TPSA) is 26.3 Å². The second kappa shape index (κ2) is 10.8. The Morgan fingerprint density at radius 3 is 2.50 bits per heavy atom. The minimum atomic E-state index is -0.439. The van der Waals surface area contributed by atoms with Gasteiger partial charge < -0.3 is 4.74 Å². The molecule has 0 N–H and O–H groups in total. The normalized spacial score (nSPS) is 32.5. The van der Waals surface area contributed by atoms with E-state index in [0.717, 1.165) is 49.5 Å². The molecule has 0 heterocycles. The lowest BCUT2D eigenvalue weighted by Crippen LogP contribution is -2.40. The van der Waals surface area contributed by atoms with Gasteiger partial charge in [0.1, 0.15) is 0 Å². The summed E-state index contributed by atoms with van der Waals surface area (Å²) in [5.41, 5.74) is 0.903. The predicted molar refractivity (Wildman–Crippen MR) is 128 cm³/mol. The quantitative estimate of drug-likeness (QED) is 0.248. The molecule has 4 rings (SSSR count). The number of esters is 1. The second-order valence-corrected chi connectivity index (χ2v) is 10.5. The third kappa shape index (κ3) is 5.35. The highest BCUT2D eigenvalue weighted by molar-refractivity contribution is 5.75. The highest BCUT2D eigenvalue weighted by Gasteiger charge is 2.43. The first kappa shape index (κ1) is 23.3. The lowest BCUT2D eigenvalue weighted by Gasteiger charge is -2.45. The Balaban J connectivity index is 1.35. The molecule has 0 spiro atoms. The van der Waals surface area contributed by atoms with Gasteiger partial charge >= 0.3 is 5.97 Å². The molecule has 1 aromatic carbocycles. The summed E-state index contributed by atoms with van der Waals surface area (Å²) in [6.07, 6.45) is 17.6. The zero-order chi connectivity index (χ0) is 22.5. The fraction of sp³-hybridized carbons (Fsp3) is 0.621. The van der Waals surface area contributed by atoms with E-state index in [1.165, 1.54) is 51.0 Å². The van der Waals surface area contributed by atoms with Crippen molar-refractivity contribution in [3.8, 4) is 5.75 Å². The van der Waals surface area contributed by atoms with Crippen molar-refractivity contribution in [2.75, 3.05) is 0 Å². The van der Waals surface area contributed by atoms with Crippen molar-refractivity contribution >= 4 is 5.97 Å². The molecule has 1 aromatic rings. The molecule has 0 saturated heterocycles. The van der Waals surface area contributed by atoms with E-state index in [1.54, 1.807) is 6.07 Å². The number of carbonyl (C=O) groups excluding carboxylic acids is 1. The molecule has 3 fully saturated rings. The van der Waals surface area contributed by atoms with Gasteiger partial charge in [0, 0.05) is 0 Å². The van der Waals surface area contributed by atoms with Crippen molar-refractivity contribution < 1.29 is 13.9 Å². The standard InChI is InChI=1S/C29H39FO2/c1-3-5-7-21-12-17-28(27(30)18-21)32-29(31)26-9-6-8-24-19-23(15-16-25(24)26)22-13-10-20(4-2)11-14-22/h3-4,12,17-18,20,22-26H,1-2,5-11,13-16,19H2. The van der Waals surface area contributed by atoms with Crippen LogP contribution in [-0.2, 0) is 11.2 Å².